The van der Waals surface area contributed by atoms with Crippen LogP contribution >= 0.6 is 0 Å². The number of nitrogens with two attached hydrogens (primary N) is 1. The summed E-state index contributed by atoms with van der Waals surface area (Å²) in [5.41, 5.74) is 3.19. The largest absolute Gasteiger partial charge is 0.377 e. The first-order chi connectivity index (χ1) is 10.0. The lowest BCUT2D eigenvalue weighted by Gasteiger charge is -2.44. The van der Waals surface area contributed by atoms with Crippen LogP contribution in [0.1, 0.15) is 38.2 Å². The highest BCUT2D eigenvalue weighted by Gasteiger charge is 2.41. The molecule has 3 N–H and O–H groups in total. The second-order valence-electron chi connectivity index (χ2n) is 6.14. The summed E-state index contributed by atoms with van der Waals surface area (Å²) >= 11 is 0. The minimum Gasteiger partial charge on any atom is -0.377 e. The zero-order chi connectivity index (χ0) is 15.5. The zero-order valence-electron chi connectivity index (χ0n) is 12.7. The van der Waals surface area contributed by atoms with E-state index in [1.165, 1.54) is 12.5 Å². The van der Waals surface area contributed by atoms with E-state index in [1.807, 2.05) is 0 Å². The van der Waals surface area contributed by atoms with Gasteiger partial charge in [0.05, 0.1) is 11.6 Å². The predicted octanol–water partition coefficient (Wildman–Crippen LogP) is 2.93. The van der Waals surface area contributed by atoms with E-state index in [2.05, 4.69) is 12.3 Å². The molecule has 0 aliphatic heterocycles. The van der Waals surface area contributed by atoms with Gasteiger partial charge >= 0.3 is 0 Å². The molecule has 1 fully saturated rings. The van der Waals surface area contributed by atoms with Crippen LogP contribution in [-0.2, 0) is 11.2 Å². The standard InChI is InChI=1S/C16H24F2N2O/c1-11-4-3-7-16(10-11,21-2)15(20-19)9-12-5-6-13(17)14(18)8-12/h5-6,8,11,15,20H,3-4,7,9-10,19H2,1-2H3. The number of halogens is 2. The van der Waals surface area contributed by atoms with Crippen LogP contribution in [0.3, 0.4) is 0 Å². The second-order valence-corrected chi connectivity index (χ2v) is 6.14. The van der Waals surface area contributed by atoms with Gasteiger partial charge in [-0.3, -0.25) is 11.3 Å². The molecule has 0 radical (unpaired) electrons. The smallest absolute Gasteiger partial charge is 0.159 e. The van der Waals surface area contributed by atoms with Crippen LogP contribution < -0.4 is 11.3 Å². The van der Waals surface area contributed by atoms with E-state index in [1.54, 1.807) is 13.2 Å². The van der Waals surface area contributed by atoms with Crippen LogP contribution in [0.15, 0.2) is 18.2 Å². The first-order valence-corrected chi connectivity index (χ1v) is 7.46. The fourth-order valence-corrected chi connectivity index (χ4v) is 3.49. The van der Waals surface area contributed by atoms with Crippen molar-refractivity contribution in [3.05, 3.63) is 35.4 Å². The van der Waals surface area contributed by atoms with Gasteiger partial charge in [-0.15, -0.1) is 0 Å². The molecule has 1 saturated carbocycles. The number of rotatable bonds is 5. The van der Waals surface area contributed by atoms with Crippen molar-refractivity contribution in [1.29, 1.82) is 0 Å². The molecule has 1 aromatic rings. The van der Waals surface area contributed by atoms with Crippen LogP contribution in [-0.4, -0.2) is 18.8 Å². The summed E-state index contributed by atoms with van der Waals surface area (Å²) < 4.78 is 32.2. The van der Waals surface area contributed by atoms with E-state index in [9.17, 15) is 8.78 Å². The van der Waals surface area contributed by atoms with Crippen LogP contribution in [0.4, 0.5) is 8.78 Å². The van der Waals surface area contributed by atoms with Gasteiger partial charge in [0.15, 0.2) is 11.6 Å². The molecule has 0 bridgehead atoms. The Kier molecular flexibility index (Phi) is 5.30. The Morgan fingerprint density at radius 2 is 2.19 bits per heavy atom. The normalized spacial score (nSPS) is 27.6. The Bertz CT molecular complexity index is 483. The minimum absolute atomic E-state index is 0.130. The van der Waals surface area contributed by atoms with Crippen LogP contribution in [0.5, 0.6) is 0 Å². The maximum atomic E-state index is 13.4. The molecule has 0 amide bonds. The van der Waals surface area contributed by atoms with Crippen molar-refractivity contribution in [3.63, 3.8) is 0 Å². The molecule has 2 rings (SSSR count). The van der Waals surface area contributed by atoms with Gasteiger partial charge in [0.2, 0.25) is 0 Å². The quantitative estimate of drug-likeness (QED) is 0.649. The third-order valence-electron chi connectivity index (χ3n) is 4.66. The summed E-state index contributed by atoms with van der Waals surface area (Å²) in [6.07, 6.45) is 4.63. The lowest BCUT2D eigenvalue weighted by Crippen LogP contribution is -2.57. The molecular formula is C16H24F2N2O. The van der Waals surface area contributed by atoms with Crippen molar-refractivity contribution in [2.75, 3.05) is 7.11 Å². The highest BCUT2D eigenvalue weighted by Crippen LogP contribution is 2.38. The first kappa shape index (κ1) is 16.3. The summed E-state index contributed by atoms with van der Waals surface area (Å²) in [5.74, 6) is 4.64. The Hall–Kier alpha value is -1.04. The summed E-state index contributed by atoms with van der Waals surface area (Å²) in [6.45, 7) is 2.21. The van der Waals surface area contributed by atoms with E-state index in [0.717, 1.165) is 25.3 Å². The van der Waals surface area contributed by atoms with Crippen LogP contribution in [0.25, 0.3) is 0 Å². The fourth-order valence-electron chi connectivity index (χ4n) is 3.49. The van der Waals surface area contributed by atoms with Gasteiger partial charge < -0.3 is 4.74 Å². The molecule has 0 saturated heterocycles. The number of benzene rings is 1. The number of hydrogen-bond acceptors (Lipinski definition) is 3. The lowest BCUT2D eigenvalue weighted by atomic mass is 9.73. The molecule has 5 heteroatoms. The Labute approximate surface area is 124 Å². The highest BCUT2D eigenvalue weighted by molar-refractivity contribution is 5.20. The van der Waals surface area contributed by atoms with Crippen LogP contribution in [0, 0.1) is 17.6 Å². The van der Waals surface area contributed by atoms with Gasteiger partial charge in [0, 0.05) is 7.11 Å². The number of ether oxygens (including phenoxy) is 1. The average molecular weight is 298 g/mol. The topological polar surface area (TPSA) is 47.3 Å². The van der Waals surface area contributed by atoms with Crippen molar-refractivity contribution in [3.8, 4) is 0 Å². The summed E-state index contributed by atoms with van der Waals surface area (Å²) in [6, 6.07) is 3.85. The fraction of sp³-hybridized carbons (Fsp3) is 0.625. The molecule has 118 valence electrons. The number of hydrazine groups is 1. The molecule has 3 atom stereocenters. The van der Waals surface area contributed by atoms with E-state index in [-0.39, 0.29) is 11.6 Å². The van der Waals surface area contributed by atoms with Gasteiger partial charge in [-0.25, -0.2) is 8.78 Å². The molecule has 1 aliphatic rings. The van der Waals surface area contributed by atoms with Gasteiger partial charge in [0.1, 0.15) is 0 Å². The van der Waals surface area contributed by atoms with Crippen molar-refractivity contribution in [2.45, 2.75) is 50.7 Å². The summed E-state index contributed by atoms with van der Waals surface area (Å²) in [4.78, 5) is 0. The monoisotopic (exact) mass is 298 g/mol. The molecule has 3 nitrogen and oxygen atoms in total. The lowest BCUT2D eigenvalue weighted by molar-refractivity contribution is -0.0791. The number of hydrogen-bond donors (Lipinski definition) is 2. The van der Waals surface area contributed by atoms with Gasteiger partial charge in [-0.05, 0) is 42.9 Å². The van der Waals surface area contributed by atoms with Gasteiger partial charge in [0.25, 0.3) is 0 Å². The zero-order valence-corrected chi connectivity index (χ0v) is 12.7. The van der Waals surface area contributed by atoms with Crippen LogP contribution in [0.2, 0.25) is 0 Å². The molecular weight excluding hydrogens is 274 g/mol. The molecule has 0 spiro atoms. The van der Waals surface area contributed by atoms with E-state index < -0.39 is 11.6 Å². The maximum absolute atomic E-state index is 13.4. The highest BCUT2D eigenvalue weighted by atomic mass is 19.2. The van der Waals surface area contributed by atoms with E-state index in [0.29, 0.717) is 17.9 Å². The van der Waals surface area contributed by atoms with Crippen molar-refractivity contribution >= 4 is 0 Å². The van der Waals surface area contributed by atoms with Gasteiger partial charge in [-0.2, -0.15) is 0 Å². The van der Waals surface area contributed by atoms with E-state index >= 15 is 0 Å². The van der Waals surface area contributed by atoms with Crippen molar-refractivity contribution < 1.29 is 13.5 Å². The molecule has 0 heterocycles. The Morgan fingerprint density at radius 1 is 1.43 bits per heavy atom. The summed E-state index contributed by atoms with van der Waals surface area (Å²) in [7, 11) is 1.70. The van der Waals surface area contributed by atoms with Crippen molar-refractivity contribution in [1.82, 2.24) is 5.43 Å². The Balaban J connectivity index is 2.19. The number of methoxy groups -OCH3 is 1. The first-order valence-electron chi connectivity index (χ1n) is 7.46. The molecule has 21 heavy (non-hydrogen) atoms. The summed E-state index contributed by atoms with van der Waals surface area (Å²) in [5, 5.41) is 0. The van der Waals surface area contributed by atoms with E-state index in [4.69, 9.17) is 10.6 Å². The Morgan fingerprint density at radius 3 is 2.76 bits per heavy atom. The number of nitrogens with one attached hydrogen (secondary N) is 1. The SMILES string of the molecule is COC1(C(Cc2ccc(F)c(F)c2)NN)CCCC(C)C1. The second kappa shape index (κ2) is 6.81. The molecule has 0 aromatic heterocycles. The third kappa shape index (κ3) is 3.59. The third-order valence-corrected chi connectivity index (χ3v) is 4.66. The average Bonchev–Trinajstić information content (AvgIpc) is 2.48. The molecule has 1 aromatic carbocycles. The predicted molar refractivity (Wildman–Crippen MR) is 78.5 cm³/mol. The minimum atomic E-state index is -0.830. The molecule has 1 aliphatic carbocycles. The van der Waals surface area contributed by atoms with Crippen molar-refractivity contribution in [2.24, 2.45) is 11.8 Å². The maximum Gasteiger partial charge on any atom is 0.159 e. The molecule has 3 unspecified atom stereocenters. The van der Waals surface area contributed by atoms with Gasteiger partial charge in [-0.1, -0.05) is 25.8 Å².